The minimum atomic E-state index is -3.56. The van der Waals surface area contributed by atoms with Gasteiger partial charge in [0.25, 0.3) is 0 Å². The van der Waals surface area contributed by atoms with Crippen LogP contribution in [0.3, 0.4) is 0 Å². The zero-order valence-electron chi connectivity index (χ0n) is 26.3. The number of hydrogen-bond acceptors (Lipinski definition) is 9. The van der Waals surface area contributed by atoms with E-state index in [1.54, 1.807) is 38.1 Å². The molecule has 2 aromatic heterocycles. The van der Waals surface area contributed by atoms with Gasteiger partial charge in [0.15, 0.2) is 21.5 Å². The van der Waals surface area contributed by atoms with E-state index in [-0.39, 0.29) is 39.7 Å². The summed E-state index contributed by atoms with van der Waals surface area (Å²) in [6, 6.07) is 11.6. The minimum absolute atomic E-state index is 0.104. The van der Waals surface area contributed by atoms with Gasteiger partial charge in [-0.2, -0.15) is 4.98 Å². The van der Waals surface area contributed by atoms with Gasteiger partial charge in [0.1, 0.15) is 10.8 Å². The van der Waals surface area contributed by atoms with E-state index in [2.05, 4.69) is 32.5 Å². The highest BCUT2D eigenvalue weighted by molar-refractivity contribution is 7.92. The van der Waals surface area contributed by atoms with Gasteiger partial charge in [-0.1, -0.05) is 36.6 Å². The van der Waals surface area contributed by atoms with Gasteiger partial charge in [0.2, 0.25) is 5.95 Å². The van der Waals surface area contributed by atoms with Crippen LogP contribution < -0.4 is 15.4 Å². The number of nitrogens with zero attached hydrogens (tertiary/aromatic N) is 4. The zero-order valence-corrected chi connectivity index (χ0v) is 27.9. The molecule has 45 heavy (non-hydrogen) atoms. The van der Waals surface area contributed by atoms with E-state index >= 15 is 0 Å². The standard InChI is InChI=1S/C33H41ClN6O4S/c1-19(2)44-29-14-21-18-40(28-15-22-10-6-8-12-27(28)39(22)5)32(41)23(21)16-26(29)37-33-35-17-24(34)31(38-33)36-25-11-7-9-13-30(25)45(42,43)20(3)4/h7,9,11,13-14,16-20,22,27-28,41H,6,8,10,12,15H2,1-5H3,(H2,35,36,37,38)/t22?,27-,28+/m0/s1. The Labute approximate surface area is 269 Å². The number of benzene rings is 2. The second-order valence-electron chi connectivity index (χ2n) is 12.7. The number of likely N-dealkylation sites (N-methyl/N-ethyl adjacent to an activating group) is 1. The molecule has 10 nitrogen and oxygen atoms in total. The Hall–Kier alpha value is -3.54. The Morgan fingerprint density at radius 1 is 1.04 bits per heavy atom. The van der Waals surface area contributed by atoms with Gasteiger partial charge in [-0.25, -0.2) is 13.4 Å². The smallest absolute Gasteiger partial charge is 0.229 e. The highest BCUT2D eigenvalue weighted by Gasteiger charge is 2.41. The number of anilines is 4. The van der Waals surface area contributed by atoms with Crippen molar-refractivity contribution in [1.82, 2.24) is 19.4 Å². The molecule has 0 radical (unpaired) electrons. The number of aromatic nitrogens is 3. The van der Waals surface area contributed by atoms with Crippen LogP contribution in [-0.2, 0) is 9.84 Å². The number of fused-ring (bicyclic) bond motifs is 3. The van der Waals surface area contributed by atoms with Crippen LogP contribution in [0.2, 0.25) is 5.02 Å². The van der Waals surface area contributed by atoms with Crippen molar-refractivity contribution in [2.75, 3.05) is 17.7 Å². The van der Waals surface area contributed by atoms with Crippen molar-refractivity contribution in [3.63, 3.8) is 0 Å². The molecule has 2 aromatic carbocycles. The van der Waals surface area contributed by atoms with E-state index in [9.17, 15) is 13.5 Å². The second-order valence-corrected chi connectivity index (χ2v) is 15.5. The first kappa shape index (κ1) is 31.4. The van der Waals surface area contributed by atoms with Gasteiger partial charge >= 0.3 is 0 Å². The first-order valence-corrected chi connectivity index (χ1v) is 17.5. The van der Waals surface area contributed by atoms with Crippen molar-refractivity contribution < 1.29 is 18.3 Å². The topological polar surface area (TPSA) is 122 Å². The number of halogens is 1. The molecule has 240 valence electrons. The van der Waals surface area contributed by atoms with E-state index in [1.807, 2.05) is 36.7 Å². The Kier molecular flexibility index (Phi) is 8.62. The Morgan fingerprint density at radius 3 is 2.56 bits per heavy atom. The molecule has 12 heteroatoms. The van der Waals surface area contributed by atoms with Crippen LogP contribution in [0.1, 0.15) is 65.8 Å². The summed E-state index contributed by atoms with van der Waals surface area (Å²) in [6.07, 6.45) is 9.20. The minimum Gasteiger partial charge on any atom is -0.494 e. The van der Waals surface area contributed by atoms with Crippen LogP contribution in [-0.4, -0.2) is 63.4 Å². The molecule has 3 N–H and O–H groups in total. The molecule has 1 unspecified atom stereocenters. The van der Waals surface area contributed by atoms with Gasteiger partial charge in [-0.05, 0) is 78.3 Å². The van der Waals surface area contributed by atoms with Crippen LogP contribution in [0.15, 0.2) is 53.7 Å². The number of ether oxygens (including phenoxy) is 1. The molecule has 4 aromatic rings. The summed E-state index contributed by atoms with van der Waals surface area (Å²) in [5.41, 5.74) is 0.950. The van der Waals surface area contributed by atoms with Gasteiger partial charge in [-0.15, -0.1) is 0 Å². The Bertz CT molecular complexity index is 1830. The number of sulfone groups is 1. The average Bonchev–Trinajstić information content (AvgIpc) is 3.38. The lowest BCUT2D eigenvalue weighted by atomic mass is 9.96. The molecule has 3 atom stereocenters. The number of nitrogens with one attached hydrogen (secondary N) is 2. The maximum absolute atomic E-state index is 13.0. The van der Waals surface area contributed by atoms with Crippen LogP contribution >= 0.6 is 11.6 Å². The van der Waals surface area contributed by atoms with Gasteiger partial charge in [0.05, 0.1) is 39.9 Å². The highest BCUT2D eigenvalue weighted by Crippen LogP contribution is 2.45. The molecular formula is C33H41ClN6O4S. The number of para-hydroxylation sites is 1. The highest BCUT2D eigenvalue weighted by atomic mass is 35.5. The van der Waals surface area contributed by atoms with E-state index in [4.69, 9.17) is 16.3 Å². The third kappa shape index (κ3) is 6.05. The van der Waals surface area contributed by atoms with Gasteiger partial charge < -0.3 is 25.0 Å². The fraction of sp³-hybridized carbons (Fsp3) is 0.455. The summed E-state index contributed by atoms with van der Waals surface area (Å²) in [5.74, 6) is 1.29. The summed E-state index contributed by atoms with van der Waals surface area (Å²) < 4.78 is 34.3. The first-order valence-electron chi connectivity index (χ1n) is 15.6. The molecular weight excluding hydrogens is 612 g/mol. The molecule has 2 bridgehead atoms. The molecule has 2 fully saturated rings. The van der Waals surface area contributed by atoms with Crippen molar-refractivity contribution in [2.45, 2.75) is 94.2 Å². The second kappa shape index (κ2) is 12.3. The summed E-state index contributed by atoms with van der Waals surface area (Å²) in [7, 11) is -1.35. The molecule has 0 aliphatic carbocycles. The third-order valence-corrected chi connectivity index (χ3v) is 11.5. The quantitative estimate of drug-likeness (QED) is 0.169. The van der Waals surface area contributed by atoms with Gasteiger partial charge in [-0.3, -0.25) is 4.90 Å². The molecule has 2 aliphatic rings. The number of aromatic hydroxyl groups is 1. The average molecular weight is 653 g/mol. The lowest BCUT2D eigenvalue weighted by Gasteiger charge is -2.26. The fourth-order valence-electron chi connectivity index (χ4n) is 6.68. The van der Waals surface area contributed by atoms with Crippen LogP contribution in [0.4, 0.5) is 23.1 Å². The lowest BCUT2D eigenvalue weighted by molar-refractivity contribution is 0.222. The molecule has 2 aliphatic heterocycles. The zero-order chi connectivity index (χ0) is 32.0. The predicted octanol–water partition coefficient (Wildman–Crippen LogP) is 7.43. The number of hydrogen-bond donors (Lipinski definition) is 3. The number of rotatable bonds is 9. The normalized spacial score (nSPS) is 20.6. The molecule has 6 rings (SSSR count). The van der Waals surface area contributed by atoms with Crippen molar-refractivity contribution in [3.8, 4) is 11.6 Å². The van der Waals surface area contributed by atoms with Crippen molar-refractivity contribution in [3.05, 3.63) is 53.8 Å². The third-order valence-electron chi connectivity index (χ3n) is 9.04. The SMILES string of the molecule is CC(C)Oc1cc2cn([C@@H]3CC4CCCC[C@@H]3N4C)c(O)c2cc1Nc1ncc(Cl)c(Nc2ccccc2S(=O)(=O)C(C)C)n1. The largest absolute Gasteiger partial charge is 0.494 e. The van der Waals surface area contributed by atoms with E-state index in [1.165, 1.54) is 25.5 Å². The lowest BCUT2D eigenvalue weighted by Crippen LogP contribution is -2.32. The molecule has 0 amide bonds. The van der Waals surface area contributed by atoms with Crippen molar-refractivity contribution in [2.24, 2.45) is 0 Å². The van der Waals surface area contributed by atoms with Crippen molar-refractivity contribution in [1.29, 1.82) is 0 Å². The van der Waals surface area contributed by atoms with Crippen LogP contribution in [0.25, 0.3) is 10.8 Å². The summed E-state index contributed by atoms with van der Waals surface area (Å²) in [6.45, 7) is 7.20. The van der Waals surface area contributed by atoms with Crippen LogP contribution in [0, 0.1) is 0 Å². The summed E-state index contributed by atoms with van der Waals surface area (Å²) >= 11 is 6.47. The summed E-state index contributed by atoms with van der Waals surface area (Å²) in [5, 5.41) is 19.1. The molecule has 0 spiro atoms. The first-order chi connectivity index (χ1) is 21.4. The Morgan fingerprint density at radius 2 is 1.80 bits per heavy atom. The fourth-order valence-corrected chi connectivity index (χ4v) is 8.02. The van der Waals surface area contributed by atoms with E-state index in [0.29, 0.717) is 34.6 Å². The van der Waals surface area contributed by atoms with Crippen molar-refractivity contribution >= 4 is 55.4 Å². The van der Waals surface area contributed by atoms with E-state index in [0.717, 1.165) is 18.2 Å². The Balaban J connectivity index is 1.35. The predicted molar refractivity (Wildman–Crippen MR) is 179 cm³/mol. The maximum Gasteiger partial charge on any atom is 0.229 e. The van der Waals surface area contributed by atoms with Crippen LogP contribution in [0.5, 0.6) is 11.6 Å². The molecule has 0 saturated carbocycles. The summed E-state index contributed by atoms with van der Waals surface area (Å²) in [4.78, 5) is 11.6. The molecule has 4 heterocycles. The molecule has 2 saturated heterocycles. The van der Waals surface area contributed by atoms with E-state index < -0.39 is 15.1 Å². The monoisotopic (exact) mass is 652 g/mol. The maximum atomic E-state index is 13.0. The van der Waals surface area contributed by atoms with Gasteiger partial charge in [0, 0.05) is 29.1 Å².